The first-order valence-corrected chi connectivity index (χ1v) is 8.91. The van der Waals surface area contributed by atoms with E-state index in [1.165, 1.54) is 11.8 Å². The minimum Gasteiger partial charge on any atom is -0.497 e. The number of thioether (sulfide) groups is 1. The van der Waals surface area contributed by atoms with Crippen molar-refractivity contribution in [3.8, 4) is 5.75 Å². The molecule has 0 spiro atoms. The molecular weight excluding hydrogens is 350 g/mol. The van der Waals surface area contributed by atoms with Crippen LogP contribution in [0.5, 0.6) is 5.75 Å². The summed E-state index contributed by atoms with van der Waals surface area (Å²) in [5, 5.41) is 10.9. The second-order valence-electron chi connectivity index (χ2n) is 5.97. The molecule has 2 aliphatic heterocycles. The molecule has 0 atom stereocenters. The van der Waals surface area contributed by atoms with Gasteiger partial charge in [-0.1, -0.05) is 13.8 Å². The van der Waals surface area contributed by atoms with Gasteiger partial charge in [0, 0.05) is 28.8 Å². The Morgan fingerprint density at radius 3 is 2.46 bits per heavy atom. The Morgan fingerprint density at radius 2 is 1.88 bits per heavy atom. The second-order valence-corrected chi connectivity index (χ2v) is 6.95. The fourth-order valence-electron chi connectivity index (χ4n) is 2.29. The highest BCUT2D eigenvalue weighted by molar-refractivity contribution is 8.18. The zero-order valence-electron chi connectivity index (χ0n) is 14.7. The monoisotopic (exact) mass is 369 g/mol. The first kappa shape index (κ1) is 18.2. The lowest BCUT2D eigenvalue weighted by atomic mass is 10.1. The van der Waals surface area contributed by atoms with E-state index in [1.54, 1.807) is 31.7 Å². The third-order valence-electron chi connectivity index (χ3n) is 3.75. The molecule has 0 saturated carbocycles. The quantitative estimate of drug-likeness (QED) is 0.878. The number of benzene rings is 1. The van der Waals surface area contributed by atoms with Gasteiger partial charge in [-0.05, 0) is 53.8 Å². The molecule has 0 radical (unpaired) electrons. The summed E-state index contributed by atoms with van der Waals surface area (Å²) in [6.07, 6.45) is 6.66. The highest BCUT2D eigenvalue weighted by atomic mass is 32.2. The van der Waals surface area contributed by atoms with Crippen LogP contribution in [0.2, 0.25) is 0 Å². The number of hydrogen-bond acceptors (Lipinski definition) is 5. The summed E-state index contributed by atoms with van der Waals surface area (Å²) in [5.74, 6) is 0.371. The molecule has 0 bridgehead atoms. The molecule has 1 N–H and O–H groups in total. The van der Waals surface area contributed by atoms with Crippen LogP contribution in [-0.4, -0.2) is 34.2 Å². The number of carbonyl (C=O) groups excluding carboxylic acids is 1. The largest absolute Gasteiger partial charge is 0.497 e. The molecule has 7 heteroatoms. The van der Waals surface area contributed by atoms with Gasteiger partial charge in [-0.3, -0.25) is 10.0 Å². The summed E-state index contributed by atoms with van der Waals surface area (Å²) < 4.78 is 5.21. The Balaban J connectivity index is 2.04. The predicted molar refractivity (Wildman–Crippen MR) is 103 cm³/mol. The SMILES string of the molecule is COc1ccc(C2=NC(=NC(=O)C(C)C)SC2=C2C=CN(O)C=C2)cc1. The van der Waals surface area contributed by atoms with Crippen molar-refractivity contribution in [2.75, 3.05) is 7.11 Å². The van der Waals surface area contributed by atoms with Crippen molar-refractivity contribution in [3.63, 3.8) is 0 Å². The molecule has 0 saturated heterocycles. The van der Waals surface area contributed by atoms with Crippen LogP contribution in [0, 0.1) is 5.92 Å². The van der Waals surface area contributed by atoms with Crippen LogP contribution in [0.3, 0.4) is 0 Å². The summed E-state index contributed by atoms with van der Waals surface area (Å²) in [5.41, 5.74) is 2.52. The zero-order valence-corrected chi connectivity index (χ0v) is 15.5. The van der Waals surface area contributed by atoms with Gasteiger partial charge in [-0.15, -0.1) is 0 Å². The van der Waals surface area contributed by atoms with Crippen molar-refractivity contribution in [3.05, 3.63) is 64.9 Å². The van der Waals surface area contributed by atoms with Crippen LogP contribution >= 0.6 is 11.8 Å². The fraction of sp³-hybridized carbons (Fsp3) is 0.211. The first-order valence-electron chi connectivity index (χ1n) is 8.09. The molecule has 2 aliphatic rings. The molecule has 0 aromatic heterocycles. The topological polar surface area (TPSA) is 74.5 Å². The number of amidine groups is 1. The Labute approximate surface area is 156 Å². The molecule has 0 unspecified atom stereocenters. The third kappa shape index (κ3) is 3.95. The normalized spacial score (nSPS) is 18.1. The fourth-order valence-corrected chi connectivity index (χ4v) is 3.26. The molecule has 134 valence electrons. The van der Waals surface area contributed by atoms with E-state index in [2.05, 4.69) is 9.98 Å². The van der Waals surface area contributed by atoms with Crippen molar-refractivity contribution in [2.24, 2.45) is 15.9 Å². The average molecular weight is 369 g/mol. The lowest BCUT2D eigenvalue weighted by Crippen LogP contribution is -2.07. The van der Waals surface area contributed by atoms with Crippen LogP contribution in [0.25, 0.3) is 0 Å². The van der Waals surface area contributed by atoms with Crippen LogP contribution in [0.4, 0.5) is 0 Å². The van der Waals surface area contributed by atoms with Crippen molar-refractivity contribution in [2.45, 2.75) is 13.8 Å². The predicted octanol–water partition coefficient (Wildman–Crippen LogP) is 3.76. The number of amides is 1. The van der Waals surface area contributed by atoms with Gasteiger partial charge in [-0.25, -0.2) is 10.1 Å². The first-order chi connectivity index (χ1) is 12.5. The lowest BCUT2D eigenvalue weighted by molar-refractivity contribution is -0.120. The molecule has 1 amide bonds. The number of aliphatic imine (C=N–C) groups is 2. The van der Waals surface area contributed by atoms with Crippen LogP contribution < -0.4 is 4.74 Å². The van der Waals surface area contributed by atoms with Gasteiger partial charge in [0.25, 0.3) is 5.91 Å². The molecule has 26 heavy (non-hydrogen) atoms. The van der Waals surface area contributed by atoms with E-state index in [-0.39, 0.29) is 11.8 Å². The summed E-state index contributed by atoms with van der Waals surface area (Å²) in [6, 6.07) is 7.56. The summed E-state index contributed by atoms with van der Waals surface area (Å²) >= 11 is 1.35. The lowest BCUT2D eigenvalue weighted by Gasteiger charge is -2.13. The van der Waals surface area contributed by atoms with Gasteiger partial charge in [0.15, 0.2) is 5.17 Å². The Hall–Kier alpha value is -2.64. The maximum absolute atomic E-state index is 12.0. The number of nitrogens with zero attached hydrogens (tertiary/aromatic N) is 3. The Morgan fingerprint density at radius 1 is 1.23 bits per heavy atom. The van der Waals surface area contributed by atoms with E-state index >= 15 is 0 Å². The molecule has 3 rings (SSSR count). The minimum absolute atomic E-state index is 0.183. The van der Waals surface area contributed by atoms with E-state index < -0.39 is 0 Å². The summed E-state index contributed by atoms with van der Waals surface area (Å²) in [6.45, 7) is 3.61. The molecule has 2 heterocycles. The summed E-state index contributed by atoms with van der Waals surface area (Å²) in [4.78, 5) is 21.6. The van der Waals surface area contributed by atoms with Crippen LogP contribution in [-0.2, 0) is 4.79 Å². The average Bonchev–Trinajstić information content (AvgIpc) is 3.06. The van der Waals surface area contributed by atoms with Crippen molar-refractivity contribution in [1.29, 1.82) is 0 Å². The molecule has 0 aliphatic carbocycles. The zero-order chi connectivity index (χ0) is 18.7. The minimum atomic E-state index is -0.201. The van der Waals surface area contributed by atoms with Gasteiger partial charge >= 0.3 is 0 Å². The van der Waals surface area contributed by atoms with Crippen molar-refractivity contribution in [1.82, 2.24) is 5.06 Å². The third-order valence-corrected chi connectivity index (χ3v) is 4.75. The second kappa shape index (κ2) is 7.72. The van der Waals surface area contributed by atoms with Crippen LogP contribution in [0.1, 0.15) is 19.4 Å². The van der Waals surface area contributed by atoms with Gasteiger partial charge in [-0.2, -0.15) is 4.99 Å². The van der Waals surface area contributed by atoms with Crippen molar-refractivity contribution >= 4 is 28.5 Å². The molecule has 6 nitrogen and oxygen atoms in total. The standard InChI is InChI=1S/C19H19N3O3S/c1-12(2)18(23)21-19-20-16(13-4-6-15(25-3)7-5-13)17(26-19)14-8-10-22(24)11-9-14/h4-12,24H,1-3H3. The number of ether oxygens (including phenoxy) is 1. The van der Waals surface area contributed by atoms with Crippen LogP contribution in [0.15, 0.2) is 69.3 Å². The highest BCUT2D eigenvalue weighted by Gasteiger charge is 2.25. The number of carbonyl (C=O) groups is 1. The maximum Gasteiger partial charge on any atom is 0.250 e. The Bertz CT molecular complexity index is 849. The van der Waals surface area contributed by atoms with E-state index in [4.69, 9.17) is 4.74 Å². The molecule has 1 aromatic carbocycles. The van der Waals surface area contributed by atoms with E-state index in [0.717, 1.165) is 32.6 Å². The van der Waals surface area contributed by atoms with Gasteiger partial charge in [0.05, 0.1) is 12.8 Å². The van der Waals surface area contributed by atoms with E-state index in [9.17, 15) is 10.0 Å². The number of hydrogen-bond donors (Lipinski definition) is 1. The molecule has 0 fully saturated rings. The highest BCUT2D eigenvalue weighted by Crippen LogP contribution is 2.35. The molecular formula is C19H19N3O3S. The smallest absolute Gasteiger partial charge is 0.250 e. The maximum atomic E-state index is 12.0. The number of methoxy groups -OCH3 is 1. The van der Waals surface area contributed by atoms with Gasteiger partial charge < -0.3 is 4.74 Å². The van der Waals surface area contributed by atoms with Gasteiger partial charge in [0.1, 0.15) is 5.75 Å². The number of allylic oxidation sites excluding steroid dienone is 4. The van der Waals surface area contributed by atoms with E-state index in [0.29, 0.717) is 5.17 Å². The Kier molecular flexibility index (Phi) is 5.39. The van der Waals surface area contributed by atoms with Gasteiger partial charge in [0.2, 0.25) is 0 Å². The summed E-state index contributed by atoms with van der Waals surface area (Å²) in [7, 11) is 1.62. The van der Waals surface area contributed by atoms with E-state index in [1.807, 2.05) is 38.1 Å². The molecule has 1 aromatic rings. The number of hydroxylamine groups is 2. The van der Waals surface area contributed by atoms with Crippen molar-refractivity contribution < 1.29 is 14.7 Å². The number of rotatable bonds is 3.